The molecule has 0 bridgehead atoms. The number of nitrogens with zero attached hydrogens (tertiary/aromatic N) is 2. The number of hydrogen-bond donors (Lipinski definition) is 2. The predicted octanol–water partition coefficient (Wildman–Crippen LogP) is 3.40. The van der Waals surface area contributed by atoms with Crippen molar-refractivity contribution in [3.63, 3.8) is 0 Å². The molecule has 3 rings (SSSR count). The zero-order valence-electron chi connectivity index (χ0n) is 19.0. The maximum absolute atomic E-state index is 13.0. The summed E-state index contributed by atoms with van der Waals surface area (Å²) in [5.41, 5.74) is 3.15. The average molecular weight is 493 g/mol. The Balaban J connectivity index is 1.68. The fourth-order valence-electron chi connectivity index (χ4n) is 3.52. The lowest BCUT2D eigenvalue weighted by Gasteiger charge is -2.19. The molecule has 8 nitrogen and oxygen atoms in total. The van der Waals surface area contributed by atoms with Crippen LogP contribution in [0.3, 0.4) is 0 Å². The van der Waals surface area contributed by atoms with Crippen LogP contribution in [0, 0.1) is 0 Å². The maximum atomic E-state index is 13.0. The summed E-state index contributed by atoms with van der Waals surface area (Å²) >= 11 is 6.98. The molecule has 1 aliphatic rings. The van der Waals surface area contributed by atoms with Gasteiger partial charge in [-0.3, -0.25) is 9.59 Å². The normalized spacial score (nSPS) is 14.5. The van der Waals surface area contributed by atoms with Crippen molar-refractivity contribution in [3.8, 4) is 5.06 Å². The maximum Gasteiger partial charge on any atom is 0.414 e. The Kier molecular flexibility index (Phi) is 8.71. The monoisotopic (exact) mass is 492 g/mol. The van der Waals surface area contributed by atoms with Gasteiger partial charge < -0.3 is 25.2 Å². The second kappa shape index (κ2) is 11.5. The van der Waals surface area contributed by atoms with Crippen LogP contribution in [0.5, 0.6) is 5.06 Å². The van der Waals surface area contributed by atoms with Gasteiger partial charge in [-0.1, -0.05) is 29.0 Å². The van der Waals surface area contributed by atoms with Crippen LogP contribution in [0.15, 0.2) is 30.3 Å². The Labute approximate surface area is 202 Å². The Bertz CT molecular complexity index is 1010. The molecule has 0 saturated heterocycles. The van der Waals surface area contributed by atoms with E-state index in [4.69, 9.17) is 16.3 Å². The highest BCUT2D eigenvalue weighted by atomic mass is 35.5. The number of anilines is 1. The van der Waals surface area contributed by atoms with E-state index in [9.17, 15) is 14.4 Å². The van der Waals surface area contributed by atoms with E-state index in [1.165, 1.54) is 16.0 Å². The summed E-state index contributed by atoms with van der Waals surface area (Å²) in [7, 11) is 5.39. The number of nitrogens with one attached hydrogen (secondary N) is 2. The van der Waals surface area contributed by atoms with Gasteiger partial charge in [-0.2, -0.15) is 0 Å². The topological polar surface area (TPSA) is 91.0 Å². The van der Waals surface area contributed by atoms with Gasteiger partial charge >= 0.3 is 6.09 Å². The lowest BCUT2D eigenvalue weighted by molar-refractivity contribution is -0.129. The van der Waals surface area contributed by atoms with Gasteiger partial charge in [0.25, 0.3) is 0 Å². The molecule has 0 fully saturated rings. The smallest absolute Gasteiger partial charge is 0.399 e. The second-order valence-corrected chi connectivity index (χ2v) is 9.93. The molecule has 2 N–H and O–H groups in total. The highest BCUT2D eigenvalue weighted by Gasteiger charge is 2.24. The van der Waals surface area contributed by atoms with E-state index in [1.54, 1.807) is 26.2 Å². The minimum absolute atomic E-state index is 0.104. The van der Waals surface area contributed by atoms with E-state index >= 15 is 0 Å². The van der Waals surface area contributed by atoms with E-state index < -0.39 is 18.0 Å². The number of rotatable bonds is 7. The van der Waals surface area contributed by atoms with Crippen LogP contribution in [0.25, 0.3) is 0 Å². The number of carbonyl (C=O) groups excluding carboxylic acids is 3. The molecule has 178 valence electrons. The van der Waals surface area contributed by atoms with Crippen LogP contribution < -0.4 is 15.4 Å². The van der Waals surface area contributed by atoms with Crippen LogP contribution >= 0.6 is 22.9 Å². The van der Waals surface area contributed by atoms with Crippen molar-refractivity contribution in [2.45, 2.75) is 31.7 Å². The summed E-state index contributed by atoms with van der Waals surface area (Å²) in [6.45, 7) is 1.96. The first-order valence-corrected chi connectivity index (χ1v) is 12.0. The van der Waals surface area contributed by atoms with Crippen LogP contribution in [0.1, 0.15) is 24.0 Å². The van der Waals surface area contributed by atoms with Crippen molar-refractivity contribution in [3.05, 3.63) is 45.8 Å². The first kappa shape index (κ1) is 25.0. The van der Waals surface area contributed by atoms with Gasteiger partial charge in [-0.15, -0.1) is 0 Å². The number of carbonyl (C=O) groups is 3. The Morgan fingerprint density at radius 1 is 1.15 bits per heavy atom. The van der Waals surface area contributed by atoms with E-state index in [0.717, 1.165) is 37.3 Å². The lowest BCUT2D eigenvalue weighted by atomic mass is 10.0. The molecule has 1 atom stereocenters. The van der Waals surface area contributed by atoms with Gasteiger partial charge in [0.15, 0.2) is 5.06 Å². The zero-order valence-corrected chi connectivity index (χ0v) is 20.6. The highest BCUT2D eigenvalue weighted by molar-refractivity contribution is 7.17. The molecule has 33 heavy (non-hydrogen) atoms. The second-order valence-electron chi connectivity index (χ2n) is 8.25. The molecule has 1 aromatic carbocycles. The molecule has 3 amide bonds. The molecule has 1 aromatic heterocycles. The highest BCUT2D eigenvalue weighted by Crippen LogP contribution is 2.28. The third-order valence-electron chi connectivity index (χ3n) is 5.50. The third-order valence-corrected chi connectivity index (χ3v) is 6.60. The van der Waals surface area contributed by atoms with Crippen molar-refractivity contribution < 1.29 is 19.1 Å². The molecule has 2 heterocycles. The largest absolute Gasteiger partial charge is 0.414 e. The number of benzene rings is 1. The summed E-state index contributed by atoms with van der Waals surface area (Å²) < 4.78 is 5.71. The summed E-state index contributed by atoms with van der Waals surface area (Å²) in [4.78, 5) is 41.2. The number of fused-ring (bicyclic) bond motifs is 1. The number of ether oxygens (including phenoxy) is 1. The van der Waals surface area contributed by atoms with Crippen molar-refractivity contribution in [2.24, 2.45) is 0 Å². The molecular weight excluding hydrogens is 464 g/mol. The van der Waals surface area contributed by atoms with Gasteiger partial charge in [0.05, 0.1) is 4.34 Å². The lowest BCUT2D eigenvalue weighted by Crippen LogP contribution is -2.45. The summed E-state index contributed by atoms with van der Waals surface area (Å²) in [5.74, 6) is -0.546. The van der Waals surface area contributed by atoms with Gasteiger partial charge in [0.1, 0.15) is 6.04 Å². The fraction of sp³-hybridized carbons (Fsp3) is 0.435. The van der Waals surface area contributed by atoms with E-state index in [2.05, 4.69) is 22.6 Å². The first-order valence-electron chi connectivity index (χ1n) is 10.8. The van der Waals surface area contributed by atoms with Crippen molar-refractivity contribution >= 4 is 46.5 Å². The Hall–Kier alpha value is -2.62. The molecule has 0 radical (unpaired) electrons. The van der Waals surface area contributed by atoms with Crippen LogP contribution in [-0.4, -0.2) is 68.0 Å². The first-order chi connectivity index (χ1) is 15.7. The van der Waals surface area contributed by atoms with Gasteiger partial charge in [0, 0.05) is 39.3 Å². The number of halogens is 1. The fourth-order valence-corrected chi connectivity index (χ4v) is 4.39. The molecule has 0 aliphatic carbocycles. The quantitative estimate of drug-likeness (QED) is 0.618. The molecule has 1 unspecified atom stereocenters. The SMILES string of the molecule is CN1CCc2ccc(NC(=O)C(CCC(=O)N(C)C)NC(=O)Oc3ccc(Cl)s3)cc2CC1. The Morgan fingerprint density at radius 2 is 1.88 bits per heavy atom. The summed E-state index contributed by atoms with van der Waals surface area (Å²) in [5, 5.41) is 5.78. The van der Waals surface area contributed by atoms with Gasteiger partial charge in [-0.25, -0.2) is 4.79 Å². The molecule has 0 spiro atoms. The minimum Gasteiger partial charge on any atom is -0.399 e. The van der Waals surface area contributed by atoms with Crippen LogP contribution in [-0.2, 0) is 22.4 Å². The molecule has 0 saturated carbocycles. The van der Waals surface area contributed by atoms with Gasteiger partial charge in [0.2, 0.25) is 11.8 Å². The van der Waals surface area contributed by atoms with Crippen molar-refractivity contribution in [1.29, 1.82) is 0 Å². The van der Waals surface area contributed by atoms with Crippen molar-refractivity contribution in [2.75, 3.05) is 39.5 Å². The zero-order chi connectivity index (χ0) is 24.0. The molecular formula is C23H29ClN4O4S. The number of thiophene rings is 1. The van der Waals surface area contributed by atoms with E-state index in [-0.39, 0.29) is 18.7 Å². The van der Waals surface area contributed by atoms with Crippen LogP contribution in [0.2, 0.25) is 4.34 Å². The average Bonchev–Trinajstić information content (AvgIpc) is 3.08. The number of amides is 3. The standard InChI is InChI=1S/C23H29ClN4O4S/c1-27(2)20(29)8-6-18(26-23(31)32-21-9-7-19(24)33-21)22(30)25-17-5-4-15-10-12-28(3)13-11-16(15)14-17/h4-5,7,9,14,18H,6,8,10-13H2,1-3H3,(H,25,30)(H,26,31). The molecule has 2 aromatic rings. The summed E-state index contributed by atoms with van der Waals surface area (Å²) in [6.07, 6.45) is 1.33. The van der Waals surface area contributed by atoms with Crippen LogP contribution in [0.4, 0.5) is 10.5 Å². The van der Waals surface area contributed by atoms with Gasteiger partial charge in [-0.05, 0) is 61.7 Å². The predicted molar refractivity (Wildman–Crippen MR) is 130 cm³/mol. The Morgan fingerprint density at radius 3 is 2.55 bits per heavy atom. The summed E-state index contributed by atoms with van der Waals surface area (Å²) in [6, 6.07) is 8.14. The third kappa shape index (κ3) is 7.45. The van der Waals surface area contributed by atoms with Crippen molar-refractivity contribution in [1.82, 2.24) is 15.1 Å². The van der Waals surface area contributed by atoms with E-state index in [0.29, 0.717) is 15.1 Å². The molecule has 1 aliphatic heterocycles. The number of likely N-dealkylation sites (N-methyl/N-ethyl adjacent to an activating group) is 1. The number of hydrogen-bond acceptors (Lipinski definition) is 6. The molecule has 10 heteroatoms. The van der Waals surface area contributed by atoms with E-state index in [1.807, 2.05) is 18.2 Å². The minimum atomic E-state index is -0.943.